The highest BCUT2D eigenvalue weighted by molar-refractivity contribution is 7.13. The van der Waals surface area contributed by atoms with Gasteiger partial charge >= 0.3 is 11.9 Å². The lowest BCUT2D eigenvalue weighted by molar-refractivity contribution is -0.402. The third kappa shape index (κ3) is 4.37. The molecule has 0 radical (unpaired) electrons. The van der Waals surface area contributed by atoms with Crippen LogP contribution in [0.3, 0.4) is 0 Å². The third-order valence-electron chi connectivity index (χ3n) is 3.25. The van der Waals surface area contributed by atoms with Crippen LogP contribution < -0.4 is 10.7 Å². The number of aromatic nitrogens is 1. The molecule has 2 aromatic heterocycles. The van der Waals surface area contributed by atoms with E-state index in [1.807, 2.05) is 10.7 Å². The molecule has 1 aromatic carbocycles. The van der Waals surface area contributed by atoms with Gasteiger partial charge < -0.3 is 9.52 Å². The zero-order chi connectivity index (χ0) is 20.1. The summed E-state index contributed by atoms with van der Waals surface area (Å²) in [6, 6.07) is 8.02. The molecule has 3 N–H and O–H groups in total. The number of hydrogen-bond acceptors (Lipinski definition) is 9. The van der Waals surface area contributed by atoms with Crippen molar-refractivity contribution in [3.63, 3.8) is 0 Å². The van der Waals surface area contributed by atoms with Crippen molar-refractivity contribution in [1.82, 2.24) is 15.7 Å². The number of rotatable bonds is 5. The van der Waals surface area contributed by atoms with E-state index in [1.54, 1.807) is 18.2 Å². The molecule has 0 saturated heterocycles. The first-order chi connectivity index (χ1) is 13.4. The quantitative estimate of drug-likeness (QED) is 0.336. The van der Waals surface area contributed by atoms with Crippen LogP contribution in [0.1, 0.15) is 16.2 Å². The number of thiazole rings is 1. The Labute approximate surface area is 160 Å². The predicted octanol–water partition coefficient (Wildman–Crippen LogP) is 2.49. The van der Waals surface area contributed by atoms with E-state index in [-0.39, 0.29) is 17.2 Å². The Kier molecular flexibility index (Phi) is 5.41. The van der Waals surface area contributed by atoms with E-state index < -0.39 is 22.7 Å². The summed E-state index contributed by atoms with van der Waals surface area (Å²) in [6.07, 6.45) is 1.04. The van der Waals surface area contributed by atoms with Gasteiger partial charge in [-0.05, 0) is 18.2 Å². The van der Waals surface area contributed by atoms with E-state index in [0.29, 0.717) is 10.6 Å². The van der Waals surface area contributed by atoms with Gasteiger partial charge in [0.1, 0.15) is 21.4 Å². The smallest absolute Gasteiger partial charge is 0.433 e. The van der Waals surface area contributed by atoms with Gasteiger partial charge in [0, 0.05) is 5.38 Å². The molecule has 0 saturated carbocycles. The number of hydrogen-bond donors (Lipinski definition) is 3. The second-order valence-corrected chi connectivity index (χ2v) is 6.00. The number of phenols is 1. The number of nitro groups is 1. The summed E-state index contributed by atoms with van der Waals surface area (Å²) in [7, 11) is 0. The highest BCUT2D eigenvalue weighted by atomic mass is 32.1. The molecule has 11 nitrogen and oxygen atoms in total. The molecule has 0 aliphatic heterocycles. The molecule has 0 fully saturated rings. The average molecular weight is 401 g/mol. The molecule has 0 bridgehead atoms. The zero-order valence-electron chi connectivity index (χ0n) is 13.9. The highest BCUT2D eigenvalue weighted by Crippen LogP contribution is 2.30. The van der Waals surface area contributed by atoms with Crippen LogP contribution in [0.4, 0.5) is 10.7 Å². The van der Waals surface area contributed by atoms with Gasteiger partial charge in [0.2, 0.25) is 0 Å². The number of carbonyl (C=O) groups is 2. The Bertz CT molecular complexity index is 1070. The molecular weight excluding hydrogens is 390 g/mol. The minimum absolute atomic E-state index is 0.0101. The summed E-state index contributed by atoms with van der Waals surface area (Å²) < 4.78 is 4.82. The Morgan fingerprint density at radius 3 is 2.79 bits per heavy atom. The Balaban J connectivity index is 1.57. The van der Waals surface area contributed by atoms with E-state index in [1.165, 1.54) is 17.5 Å². The van der Waals surface area contributed by atoms with E-state index >= 15 is 0 Å². The molecule has 3 amide bonds. The number of phenolic OH excluding ortho intramolecular Hbond substituents is 1. The molecular formula is C16H11N5O6S. The van der Waals surface area contributed by atoms with Gasteiger partial charge in [0.05, 0.1) is 17.8 Å². The molecule has 142 valence electrons. The first kappa shape index (κ1) is 18.7. The van der Waals surface area contributed by atoms with Gasteiger partial charge in [-0.3, -0.25) is 20.2 Å². The second kappa shape index (κ2) is 8.09. The lowest BCUT2D eigenvalue weighted by atomic mass is 10.2. The highest BCUT2D eigenvalue weighted by Gasteiger charge is 2.16. The lowest BCUT2D eigenvalue weighted by Crippen LogP contribution is -2.37. The summed E-state index contributed by atoms with van der Waals surface area (Å²) in [5.74, 6) is -1.16. The number of carbonyl (C=O) groups excluding carboxylic acids is 2. The molecule has 0 atom stereocenters. The number of hydrazone groups is 1. The monoisotopic (exact) mass is 401 g/mol. The van der Waals surface area contributed by atoms with Gasteiger partial charge in [0.25, 0.3) is 5.91 Å². The van der Waals surface area contributed by atoms with Crippen molar-refractivity contribution in [1.29, 1.82) is 0 Å². The maximum atomic E-state index is 12.1. The standard InChI is InChI=1S/C16H11N5O6S/c22-12-4-2-1-3-10(12)15-18-11(8-28-15)14(23)19-16(24)20-17-7-9-5-6-13(27-9)21(25)26/h1-8,22H,(H2,19,20,23,24)/b17-7+. The van der Waals surface area contributed by atoms with Crippen molar-refractivity contribution in [2.75, 3.05) is 0 Å². The number of aromatic hydroxyl groups is 1. The number of furan rings is 1. The predicted molar refractivity (Wildman–Crippen MR) is 98.2 cm³/mol. The largest absolute Gasteiger partial charge is 0.507 e. The minimum atomic E-state index is -0.931. The fourth-order valence-corrected chi connectivity index (χ4v) is 2.85. The minimum Gasteiger partial charge on any atom is -0.507 e. The van der Waals surface area contributed by atoms with Gasteiger partial charge in [0.15, 0.2) is 5.76 Å². The van der Waals surface area contributed by atoms with Crippen LogP contribution in [0.2, 0.25) is 0 Å². The normalized spacial score (nSPS) is 10.7. The Hall–Kier alpha value is -4.06. The number of urea groups is 1. The van der Waals surface area contributed by atoms with E-state index in [9.17, 15) is 24.8 Å². The van der Waals surface area contributed by atoms with Crippen LogP contribution in [0.15, 0.2) is 51.3 Å². The number of amides is 3. The van der Waals surface area contributed by atoms with Gasteiger partial charge in [-0.1, -0.05) is 12.1 Å². The molecule has 0 aliphatic carbocycles. The maximum Gasteiger partial charge on any atom is 0.433 e. The van der Waals surface area contributed by atoms with Crippen molar-refractivity contribution in [3.05, 3.63) is 63.3 Å². The molecule has 0 aliphatic rings. The molecule has 12 heteroatoms. The van der Waals surface area contributed by atoms with Crippen molar-refractivity contribution in [2.24, 2.45) is 5.10 Å². The van der Waals surface area contributed by atoms with Gasteiger partial charge in [-0.25, -0.2) is 15.2 Å². The summed E-state index contributed by atoms with van der Waals surface area (Å²) in [5.41, 5.74) is 2.48. The fraction of sp³-hybridized carbons (Fsp3) is 0. The van der Waals surface area contributed by atoms with Crippen LogP contribution >= 0.6 is 11.3 Å². The van der Waals surface area contributed by atoms with Crippen molar-refractivity contribution in [2.45, 2.75) is 0 Å². The summed E-state index contributed by atoms with van der Waals surface area (Å²) in [6.45, 7) is 0. The topological polar surface area (TPSA) is 160 Å². The average Bonchev–Trinajstić information content (AvgIpc) is 3.32. The van der Waals surface area contributed by atoms with Crippen LogP contribution in [0.25, 0.3) is 10.6 Å². The van der Waals surface area contributed by atoms with Crippen molar-refractivity contribution < 1.29 is 24.0 Å². The molecule has 0 spiro atoms. The van der Waals surface area contributed by atoms with Crippen LogP contribution in [-0.4, -0.2) is 33.2 Å². The first-order valence-electron chi connectivity index (χ1n) is 7.56. The number of imide groups is 1. The molecule has 28 heavy (non-hydrogen) atoms. The van der Waals surface area contributed by atoms with Crippen LogP contribution in [0, 0.1) is 10.1 Å². The fourth-order valence-electron chi connectivity index (χ4n) is 2.02. The summed E-state index contributed by atoms with van der Waals surface area (Å²) in [4.78, 5) is 37.6. The molecule has 3 aromatic rings. The van der Waals surface area contributed by atoms with Crippen molar-refractivity contribution >= 4 is 35.4 Å². The molecule has 3 rings (SSSR count). The number of benzene rings is 1. The first-order valence-corrected chi connectivity index (χ1v) is 8.44. The second-order valence-electron chi connectivity index (χ2n) is 5.14. The lowest BCUT2D eigenvalue weighted by Gasteiger charge is -2.01. The third-order valence-corrected chi connectivity index (χ3v) is 4.12. The number of nitrogens with one attached hydrogen (secondary N) is 2. The van der Waals surface area contributed by atoms with Crippen LogP contribution in [-0.2, 0) is 0 Å². The summed E-state index contributed by atoms with van der Waals surface area (Å²) in [5, 5.41) is 27.7. The van der Waals surface area contributed by atoms with Crippen LogP contribution in [0.5, 0.6) is 5.75 Å². The number of para-hydroxylation sites is 1. The Morgan fingerprint density at radius 2 is 2.07 bits per heavy atom. The van der Waals surface area contributed by atoms with E-state index in [4.69, 9.17) is 4.42 Å². The Morgan fingerprint density at radius 1 is 1.29 bits per heavy atom. The van der Waals surface area contributed by atoms with Gasteiger partial charge in [-0.15, -0.1) is 11.3 Å². The van der Waals surface area contributed by atoms with E-state index in [0.717, 1.165) is 23.6 Å². The SMILES string of the molecule is O=C(N/N=C/c1ccc([N+](=O)[O-])o1)NC(=O)c1csc(-c2ccccc2O)n1. The summed E-state index contributed by atoms with van der Waals surface area (Å²) >= 11 is 1.13. The zero-order valence-corrected chi connectivity index (χ0v) is 14.7. The maximum absolute atomic E-state index is 12.1. The molecule has 2 heterocycles. The molecule has 0 unspecified atom stereocenters. The van der Waals surface area contributed by atoms with E-state index in [2.05, 4.69) is 10.1 Å². The van der Waals surface area contributed by atoms with Crippen molar-refractivity contribution in [3.8, 4) is 16.3 Å². The number of nitrogens with zero attached hydrogens (tertiary/aromatic N) is 3. The van der Waals surface area contributed by atoms with Gasteiger partial charge in [-0.2, -0.15) is 5.10 Å².